The molecule has 1 N–H and O–H groups in total. The topological polar surface area (TPSA) is 108 Å². The number of imide groups is 1. The Bertz CT molecular complexity index is 1080. The van der Waals surface area contributed by atoms with Gasteiger partial charge in [-0.15, -0.1) is 0 Å². The smallest absolute Gasteiger partial charge is 0.339 e. The summed E-state index contributed by atoms with van der Waals surface area (Å²) in [5, 5.41) is 1.64. The van der Waals surface area contributed by atoms with Crippen molar-refractivity contribution in [2.24, 2.45) is 0 Å². The highest BCUT2D eigenvalue weighted by molar-refractivity contribution is 8.18. The van der Waals surface area contributed by atoms with Crippen LogP contribution in [0.25, 0.3) is 6.08 Å². The van der Waals surface area contributed by atoms with Crippen molar-refractivity contribution < 1.29 is 31.7 Å². The van der Waals surface area contributed by atoms with Crippen molar-refractivity contribution in [2.45, 2.75) is 4.90 Å². The molecule has 1 fully saturated rings. The van der Waals surface area contributed by atoms with Gasteiger partial charge in [0.25, 0.3) is 11.1 Å². The van der Waals surface area contributed by atoms with Gasteiger partial charge in [0.05, 0.1) is 19.1 Å². The Balaban J connectivity index is 1.95. The number of thioether (sulfide) groups is 1. The van der Waals surface area contributed by atoms with E-state index in [4.69, 9.17) is 13.7 Å². The third-order valence-electron chi connectivity index (χ3n) is 3.69. The molecule has 1 heterocycles. The highest BCUT2D eigenvalue weighted by Gasteiger charge is 2.26. The Morgan fingerprint density at radius 2 is 1.68 bits per heavy atom. The van der Waals surface area contributed by atoms with Crippen LogP contribution in [0.1, 0.15) is 5.56 Å². The summed E-state index contributed by atoms with van der Waals surface area (Å²) in [5.41, 5.74) is 0.332. The Morgan fingerprint density at radius 3 is 2.32 bits per heavy atom. The van der Waals surface area contributed by atoms with Crippen LogP contribution in [0.5, 0.6) is 17.2 Å². The van der Waals surface area contributed by atoms with Crippen LogP contribution in [-0.4, -0.2) is 33.8 Å². The minimum absolute atomic E-state index is 0.0116. The number of amides is 2. The van der Waals surface area contributed by atoms with Gasteiger partial charge in [-0.2, -0.15) is 8.42 Å². The lowest BCUT2D eigenvalue weighted by molar-refractivity contribution is -0.115. The van der Waals surface area contributed by atoms with Crippen molar-refractivity contribution >= 4 is 39.1 Å². The monoisotopic (exact) mass is 421 g/mol. The van der Waals surface area contributed by atoms with E-state index in [1.54, 1.807) is 18.2 Å². The minimum atomic E-state index is -4.19. The summed E-state index contributed by atoms with van der Waals surface area (Å²) in [7, 11) is -1.36. The number of carbonyl (C=O) groups excluding carboxylic acids is 2. The lowest BCUT2D eigenvalue weighted by atomic mass is 10.2. The molecule has 0 spiro atoms. The maximum absolute atomic E-state index is 12.7. The molecule has 0 aliphatic carbocycles. The van der Waals surface area contributed by atoms with Crippen LogP contribution in [0.2, 0.25) is 0 Å². The third kappa shape index (κ3) is 4.12. The maximum atomic E-state index is 12.7. The van der Waals surface area contributed by atoms with Gasteiger partial charge < -0.3 is 13.7 Å². The summed E-state index contributed by atoms with van der Waals surface area (Å²) < 4.78 is 40.9. The molecule has 0 radical (unpaired) electrons. The van der Waals surface area contributed by atoms with E-state index in [1.165, 1.54) is 44.6 Å². The molecule has 2 amide bonds. The summed E-state index contributed by atoms with van der Waals surface area (Å²) >= 11 is 0.727. The van der Waals surface area contributed by atoms with Crippen LogP contribution in [0.3, 0.4) is 0 Å². The zero-order valence-electron chi connectivity index (χ0n) is 14.8. The van der Waals surface area contributed by atoms with Crippen molar-refractivity contribution in [3.05, 3.63) is 52.9 Å². The van der Waals surface area contributed by atoms with Crippen molar-refractivity contribution in [3.63, 3.8) is 0 Å². The number of nitrogens with one attached hydrogen (secondary N) is 1. The molecule has 1 aliphatic heterocycles. The molecule has 1 aliphatic rings. The molecule has 0 atom stereocenters. The third-order valence-corrected chi connectivity index (χ3v) is 5.73. The molecule has 10 heteroatoms. The summed E-state index contributed by atoms with van der Waals surface area (Å²) in [6.45, 7) is 0. The SMILES string of the molecule is COc1ccc(S(=O)(=O)Oc2ccccc2/C=C2\SC(=O)NC2=O)cc1OC. The number of ether oxygens (including phenoxy) is 2. The molecule has 1 saturated heterocycles. The predicted molar refractivity (Wildman–Crippen MR) is 103 cm³/mol. The van der Waals surface area contributed by atoms with Crippen molar-refractivity contribution in [1.82, 2.24) is 5.32 Å². The molecular weight excluding hydrogens is 406 g/mol. The summed E-state index contributed by atoms with van der Waals surface area (Å²) in [5.74, 6) is 0.0747. The Hall–Kier alpha value is -2.98. The van der Waals surface area contributed by atoms with Crippen molar-refractivity contribution in [1.29, 1.82) is 0 Å². The van der Waals surface area contributed by atoms with Gasteiger partial charge in [0.15, 0.2) is 11.5 Å². The van der Waals surface area contributed by atoms with Gasteiger partial charge in [0.1, 0.15) is 10.6 Å². The summed E-state index contributed by atoms with van der Waals surface area (Å²) in [6.07, 6.45) is 1.39. The summed E-state index contributed by atoms with van der Waals surface area (Å²) in [4.78, 5) is 23.1. The van der Waals surface area contributed by atoms with Crippen LogP contribution in [0.15, 0.2) is 52.3 Å². The average Bonchev–Trinajstić information content (AvgIpc) is 2.99. The normalized spacial score (nSPS) is 15.4. The Labute approximate surface area is 165 Å². The fourth-order valence-corrected chi connectivity index (χ4v) is 4.02. The van der Waals surface area contributed by atoms with Crippen LogP contribution < -0.4 is 19.0 Å². The molecule has 8 nitrogen and oxygen atoms in total. The van der Waals surface area contributed by atoms with Gasteiger partial charge in [0.2, 0.25) is 0 Å². The first-order chi connectivity index (χ1) is 13.3. The number of carbonyl (C=O) groups is 2. The second kappa shape index (κ2) is 7.95. The molecule has 0 saturated carbocycles. The Kier molecular flexibility index (Phi) is 5.61. The number of hydrogen-bond acceptors (Lipinski definition) is 8. The molecule has 2 aromatic rings. The zero-order chi connectivity index (χ0) is 20.3. The van der Waals surface area contributed by atoms with E-state index in [1.807, 2.05) is 0 Å². The van der Waals surface area contributed by atoms with E-state index in [9.17, 15) is 18.0 Å². The van der Waals surface area contributed by atoms with Crippen molar-refractivity contribution in [3.8, 4) is 17.2 Å². The average molecular weight is 421 g/mol. The van der Waals surface area contributed by atoms with Gasteiger partial charge in [-0.05, 0) is 36.0 Å². The number of rotatable bonds is 6. The van der Waals surface area contributed by atoms with Crippen LogP contribution in [0.4, 0.5) is 4.79 Å². The van der Waals surface area contributed by atoms with Gasteiger partial charge >= 0.3 is 10.1 Å². The maximum Gasteiger partial charge on any atom is 0.339 e. The van der Waals surface area contributed by atoms with E-state index in [-0.39, 0.29) is 21.3 Å². The highest BCUT2D eigenvalue weighted by Crippen LogP contribution is 2.33. The van der Waals surface area contributed by atoms with Gasteiger partial charge in [0, 0.05) is 11.6 Å². The first-order valence-electron chi connectivity index (χ1n) is 7.84. The van der Waals surface area contributed by atoms with E-state index in [0.29, 0.717) is 11.3 Å². The lowest BCUT2D eigenvalue weighted by Gasteiger charge is -2.12. The Morgan fingerprint density at radius 1 is 0.964 bits per heavy atom. The molecule has 0 bridgehead atoms. The van der Waals surface area contributed by atoms with E-state index in [2.05, 4.69) is 5.32 Å². The second-order valence-corrected chi connectivity index (χ2v) is 8.01. The van der Waals surface area contributed by atoms with Crippen LogP contribution >= 0.6 is 11.8 Å². The highest BCUT2D eigenvalue weighted by atomic mass is 32.2. The molecule has 3 rings (SSSR count). The van der Waals surface area contributed by atoms with Crippen molar-refractivity contribution in [2.75, 3.05) is 14.2 Å². The van der Waals surface area contributed by atoms with Gasteiger partial charge in [-0.3, -0.25) is 14.9 Å². The molecule has 0 aromatic heterocycles. The largest absolute Gasteiger partial charge is 0.493 e. The number of hydrogen-bond donors (Lipinski definition) is 1. The first-order valence-corrected chi connectivity index (χ1v) is 10.1. The van der Waals surface area contributed by atoms with E-state index < -0.39 is 21.3 Å². The van der Waals surface area contributed by atoms with Gasteiger partial charge in [-0.25, -0.2) is 0 Å². The number of para-hydroxylation sites is 1. The molecule has 2 aromatic carbocycles. The molecule has 146 valence electrons. The van der Waals surface area contributed by atoms with Crippen LogP contribution in [0, 0.1) is 0 Å². The zero-order valence-corrected chi connectivity index (χ0v) is 16.4. The van der Waals surface area contributed by atoms with E-state index >= 15 is 0 Å². The van der Waals surface area contributed by atoms with Crippen LogP contribution in [-0.2, 0) is 14.9 Å². The number of methoxy groups -OCH3 is 2. The standard InChI is InChI=1S/C18H15NO7S2/c1-24-14-8-7-12(10-15(14)25-2)28(22,23)26-13-6-4-3-5-11(13)9-16-17(20)19-18(21)27-16/h3-10H,1-2H3,(H,19,20,21)/b16-9-. The fraction of sp³-hybridized carbons (Fsp3) is 0.111. The second-order valence-electron chi connectivity index (χ2n) is 5.44. The van der Waals surface area contributed by atoms with Gasteiger partial charge in [-0.1, -0.05) is 18.2 Å². The predicted octanol–water partition coefficient (Wildman–Crippen LogP) is 2.80. The minimum Gasteiger partial charge on any atom is -0.493 e. The molecular formula is C18H15NO7S2. The quantitative estimate of drug-likeness (QED) is 0.560. The fourth-order valence-electron chi connectivity index (χ4n) is 2.38. The summed E-state index contributed by atoms with van der Waals surface area (Å²) in [6, 6.07) is 10.3. The van der Waals surface area contributed by atoms with E-state index in [0.717, 1.165) is 11.8 Å². The lowest BCUT2D eigenvalue weighted by Crippen LogP contribution is -2.17. The number of benzene rings is 2. The first kappa shape index (κ1) is 19.8. The molecule has 0 unspecified atom stereocenters. The molecule has 28 heavy (non-hydrogen) atoms.